The Labute approximate surface area is 176 Å². The van der Waals surface area contributed by atoms with Crippen molar-refractivity contribution in [2.45, 2.75) is 0 Å². The van der Waals surface area contributed by atoms with Gasteiger partial charge in [0.05, 0.1) is 19.8 Å². The summed E-state index contributed by atoms with van der Waals surface area (Å²) in [5, 5.41) is 2.82. The number of carbonyl (C=O) groups is 2. The zero-order valence-corrected chi connectivity index (χ0v) is 17.4. The zero-order valence-electron chi connectivity index (χ0n) is 17.4. The number of piperazine rings is 1. The maximum Gasteiger partial charge on any atom is 0.279 e. The van der Waals surface area contributed by atoms with Crippen molar-refractivity contribution in [1.82, 2.24) is 4.90 Å². The molecule has 0 saturated carbocycles. The number of anilines is 2. The summed E-state index contributed by atoms with van der Waals surface area (Å²) in [5.41, 5.74) is 1.23. The van der Waals surface area contributed by atoms with Crippen LogP contribution >= 0.6 is 0 Å². The summed E-state index contributed by atoms with van der Waals surface area (Å²) in [6.45, 7) is 2.65. The Bertz CT molecular complexity index is 884. The summed E-state index contributed by atoms with van der Waals surface area (Å²) in [5.74, 6) is 0.245. The Morgan fingerprint density at radius 2 is 1.80 bits per heavy atom. The molecule has 2 aromatic carbocycles. The van der Waals surface area contributed by atoms with Crippen LogP contribution in [0.4, 0.5) is 15.8 Å². The summed E-state index contributed by atoms with van der Waals surface area (Å²) in [4.78, 5) is 29.4. The van der Waals surface area contributed by atoms with E-state index in [0.717, 1.165) is 4.90 Å². The lowest BCUT2D eigenvalue weighted by Crippen LogP contribution is -3.11. The van der Waals surface area contributed by atoms with E-state index in [2.05, 4.69) is 5.32 Å². The Kier molecular flexibility index (Phi) is 7.24. The van der Waals surface area contributed by atoms with Crippen molar-refractivity contribution in [3.05, 3.63) is 54.3 Å². The van der Waals surface area contributed by atoms with Gasteiger partial charge in [-0.25, -0.2) is 4.39 Å². The molecule has 1 fully saturated rings. The van der Waals surface area contributed by atoms with Crippen molar-refractivity contribution in [2.75, 3.05) is 63.6 Å². The fourth-order valence-electron chi connectivity index (χ4n) is 3.52. The SMILES string of the molecule is COc1cccc(NC(=O)C[NH+](C)CC(=O)N2CCN(c3ccccc3F)CC2)c1. The van der Waals surface area contributed by atoms with E-state index in [4.69, 9.17) is 4.74 Å². The monoisotopic (exact) mass is 415 g/mol. The summed E-state index contributed by atoms with van der Waals surface area (Å²) >= 11 is 0. The first-order chi connectivity index (χ1) is 14.5. The Balaban J connectivity index is 1.44. The molecule has 0 aromatic heterocycles. The highest BCUT2D eigenvalue weighted by Crippen LogP contribution is 2.20. The molecule has 2 N–H and O–H groups in total. The molecule has 0 spiro atoms. The third-order valence-corrected chi connectivity index (χ3v) is 5.09. The van der Waals surface area contributed by atoms with E-state index in [0.29, 0.717) is 43.3 Å². The number of ether oxygens (including phenoxy) is 1. The van der Waals surface area contributed by atoms with E-state index in [1.807, 2.05) is 18.0 Å². The summed E-state index contributed by atoms with van der Waals surface area (Å²) in [6, 6.07) is 13.8. The van der Waals surface area contributed by atoms with Crippen LogP contribution in [0.1, 0.15) is 0 Å². The fourth-order valence-corrected chi connectivity index (χ4v) is 3.52. The van der Waals surface area contributed by atoms with Crippen molar-refractivity contribution in [2.24, 2.45) is 0 Å². The molecule has 0 radical (unpaired) electrons. The molecule has 1 saturated heterocycles. The van der Waals surface area contributed by atoms with Gasteiger partial charge in [-0.1, -0.05) is 18.2 Å². The van der Waals surface area contributed by atoms with E-state index < -0.39 is 0 Å². The lowest BCUT2D eigenvalue weighted by atomic mass is 10.2. The number of quaternary nitrogens is 1. The van der Waals surface area contributed by atoms with E-state index in [1.165, 1.54) is 6.07 Å². The van der Waals surface area contributed by atoms with Gasteiger partial charge in [0.2, 0.25) is 0 Å². The highest BCUT2D eigenvalue weighted by atomic mass is 19.1. The molecule has 2 amide bonds. The number of methoxy groups -OCH3 is 1. The van der Waals surface area contributed by atoms with Crippen LogP contribution in [-0.2, 0) is 9.59 Å². The van der Waals surface area contributed by atoms with Crippen LogP contribution in [0.3, 0.4) is 0 Å². The third kappa shape index (κ3) is 5.70. The second-order valence-corrected chi connectivity index (χ2v) is 7.41. The molecule has 8 heteroatoms. The highest BCUT2D eigenvalue weighted by molar-refractivity contribution is 5.91. The normalized spacial score (nSPS) is 14.9. The van der Waals surface area contributed by atoms with Crippen molar-refractivity contribution in [3.8, 4) is 5.75 Å². The molecule has 0 bridgehead atoms. The summed E-state index contributed by atoms with van der Waals surface area (Å²) < 4.78 is 19.1. The predicted octanol–water partition coefficient (Wildman–Crippen LogP) is 0.636. The van der Waals surface area contributed by atoms with Gasteiger partial charge in [-0.3, -0.25) is 9.59 Å². The Morgan fingerprint density at radius 3 is 2.50 bits per heavy atom. The van der Waals surface area contributed by atoms with Crippen molar-refractivity contribution >= 4 is 23.2 Å². The van der Waals surface area contributed by atoms with Gasteiger partial charge in [-0.15, -0.1) is 0 Å². The first kappa shape index (κ1) is 21.6. The van der Waals surface area contributed by atoms with Crippen molar-refractivity contribution in [3.63, 3.8) is 0 Å². The largest absolute Gasteiger partial charge is 0.497 e. The van der Waals surface area contributed by atoms with E-state index in [1.54, 1.807) is 48.4 Å². The van der Waals surface area contributed by atoms with Gasteiger partial charge < -0.3 is 24.8 Å². The quantitative estimate of drug-likeness (QED) is 0.697. The van der Waals surface area contributed by atoms with Gasteiger partial charge in [0.1, 0.15) is 11.6 Å². The first-order valence-corrected chi connectivity index (χ1v) is 9.98. The molecule has 2 aromatic rings. The number of benzene rings is 2. The number of hydrogen-bond donors (Lipinski definition) is 2. The molecule has 1 unspecified atom stereocenters. The second kappa shape index (κ2) is 10.1. The van der Waals surface area contributed by atoms with Gasteiger partial charge in [-0.2, -0.15) is 0 Å². The van der Waals surface area contributed by atoms with Crippen LogP contribution in [0.25, 0.3) is 0 Å². The first-order valence-electron chi connectivity index (χ1n) is 9.98. The maximum absolute atomic E-state index is 14.0. The minimum absolute atomic E-state index is 0.00476. The molecule has 1 heterocycles. The standard InChI is InChI=1S/C22H27FN4O3/c1-25(15-21(28)24-17-6-5-7-18(14-17)30-2)16-22(29)27-12-10-26(11-13-27)20-9-4-3-8-19(20)23/h3-9,14H,10-13,15-16H2,1-2H3,(H,24,28)/p+1. The molecular formula is C22H28FN4O3+. The number of hydrogen-bond acceptors (Lipinski definition) is 4. The van der Waals surface area contributed by atoms with Gasteiger partial charge >= 0.3 is 0 Å². The van der Waals surface area contributed by atoms with Crippen LogP contribution in [-0.4, -0.2) is 70.1 Å². The van der Waals surface area contributed by atoms with Crippen molar-refractivity contribution < 1.29 is 23.6 Å². The zero-order chi connectivity index (χ0) is 21.5. The highest BCUT2D eigenvalue weighted by Gasteiger charge is 2.25. The fraction of sp³-hybridized carbons (Fsp3) is 0.364. The van der Waals surface area contributed by atoms with Gasteiger partial charge in [-0.05, 0) is 24.3 Å². The lowest BCUT2D eigenvalue weighted by molar-refractivity contribution is -0.862. The minimum Gasteiger partial charge on any atom is -0.497 e. The predicted molar refractivity (Wildman–Crippen MR) is 113 cm³/mol. The molecule has 1 aliphatic rings. The Morgan fingerprint density at radius 1 is 1.07 bits per heavy atom. The van der Waals surface area contributed by atoms with E-state index >= 15 is 0 Å². The van der Waals surface area contributed by atoms with Crippen LogP contribution < -0.4 is 19.9 Å². The smallest absolute Gasteiger partial charge is 0.279 e. The average molecular weight is 415 g/mol. The van der Waals surface area contributed by atoms with Crippen molar-refractivity contribution in [1.29, 1.82) is 0 Å². The Hall–Kier alpha value is -3.13. The lowest BCUT2D eigenvalue weighted by Gasteiger charge is -2.36. The topological polar surface area (TPSA) is 66.3 Å². The van der Waals surface area contributed by atoms with E-state index in [-0.39, 0.29) is 30.7 Å². The number of nitrogens with one attached hydrogen (secondary N) is 2. The number of nitrogens with zero attached hydrogens (tertiary/aromatic N) is 2. The van der Waals surface area contributed by atoms with Gasteiger partial charge in [0.15, 0.2) is 13.1 Å². The number of para-hydroxylation sites is 1. The molecule has 1 atom stereocenters. The van der Waals surface area contributed by atoms with Gasteiger partial charge in [0.25, 0.3) is 11.8 Å². The summed E-state index contributed by atoms with van der Waals surface area (Å²) in [6.07, 6.45) is 0. The number of halogens is 1. The van der Waals surface area contributed by atoms with Crippen LogP contribution in [0.15, 0.2) is 48.5 Å². The molecule has 160 valence electrons. The molecule has 7 nitrogen and oxygen atoms in total. The van der Waals surface area contributed by atoms with Gasteiger partial charge in [0, 0.05) is 37.9 Å². The van der Waals surface area contributed by atoms with Crippen LogP contribution in [0.5, 0.6) is 5.75 Å². The molecule has 3 rings (SSSR count). The van der Waals surface area contributed by atoms with Crippen LogP contribution in [0, 0.1) is 5.82 Å². The maximum atomic E-state index is 14.0. The molecule has 1 aliphatic heterocycles. The minimum atomic E-state index is -0.247. The third-order valence-electron chi connectivity index (χ3n) is 5.09. The molecular weight excluding hydrogens is 387 g/mol. The molecule has 0 aliphatic carbocycles. The number of amides is 2. The summed E-state index contributed by atoms with van der Waals surface area (Å²) in [7, 11) is 3.39. The number of likely N-dealkylation sites (N-methyl/N-ethyl adjacent to an activating group) is 1. The molecule has 30 heavy (non-hydrogen) atoms. The number of rotatable bonds is 7. The van der Waals surface area contributed by atoms with E-state index in [9.17, 15) is 14.0 Å². The van der Waals surface area contributed by atoms with Crippen LogP contribution in [0.2, 0.25) is 0 Å². The number of carbonyl (C=O) groups excluding carboxylic acids is 2. The second-order valence-electron chi connectivity index (χ2n) is 7.41. The average Bonchev–Trinajstić information content (AvgIpc) is 2.74.